The summed E-state index contributed by atoms with van der Waals surface area (Å²) in [4.78, 5) is 2.49. The van der Waals surface area contributed by atoms with E-state index < -0.39 is 0 Å². The van der Waals surface area contributed by atoms with Crippen molar-refractivity contribution in [2.75, 3.05) is 27.2 Å². The molecule has 1 fully saturated rings. The normalized spacial score (nSPS) is 20.2. The minimum atomic E-state index is -0.252. The van der Waals surface area contributed by atoms with Gasteiger partial charge in [0, 0.05) is 11.1 Å². The standard InChI is InChI=1S/C17H27FN2O/c1-5-17(2,20-11-6-7-12-20)16(19-3)13-9-8-10-14(21-4)15(13)18/h8-10,16,19H,5-7,11-12H2,1-4H3. The van der Waals surface area contributed by atoms with Crippen LogP contribution >= 0.6 is 0 Å². The summed E-state index contributed by atoms with van der Waals surface area (Å²) >= 11 is 0. The van der Waals surface area contributed by atoms with Gasteiger partial charge in [-0.25, -0.2) is 4.39 Å². The first kappa shape index (κ1) is 16.2. The Balaban J connectivity index is 2.41. The van der Waals surface area contributed by atoms with Crippen molar-refractivity contribution in [2.24, 2.45) is 0 Å². The topological polar surface area (TPSA) is 24.5 Å². The molecule has 0 bridgehead atoms. The van der Waals surface area contributed by atoms with Crippen LogP contribution in [-0.4, -0.2) is 37.7 Å². The van der Waals surface area contributed by atoms with Crippen LogP contribution in [0.3, 0.4) is 0 Å². The SMILES string of the molecule is CCC(C)(C(NC)c1cccc(OC)c1F)N1CCCC1. The molecule has 118 valence electrons. The Bertz CT molecular complexity index is 474. The lowest BCUT2D eigenvalue weighted by Crippen LogP contribution is -2.52. The lowest BCUT2D eigenvalue weighted by molar-refractivity contribution is 0.0855. The molecule has 1 aliphatic heterocycles. The number of nitrogens with zero attached hydrogens (tertiary/aromatic N) is 1. The van der Waals surface area contributed by atoms with Crippen LogP contribution in [-0.2, 0) is 0 Å². The molecule has 1 N–H and O–H groups in total. The van der Waals surface area contributed by atoms with Gasteiger partial charge in [0.2, 0.25) is 0 Å². The largest absolute Gasteiger partial charge is 0.494 e. The Morgan fingerprint density at radius 1 is 1.38 bits per heavy atom. The average Bonchev–Trinajstić information content (AvgIpc) is 3.04. The fourth-order valence-electron chi connectivity index (χ4n) is 3.55. The van der Waals surface area contributed by atoms with E-state index in [0.29, 0.717) is 11.3 Å². The molecule has 0 aromatic heterocycles. The maximum absolute atomic E-state index is 14.7. The van der Waals surface area contributed by atoms with Crippen molar-refractivity contribution in [2.45, 2.75) is 44.7 Å². The Kier molecular flexibility index (Phi) is 5.22. The summed E-state index contributed by atoms with van der Waals surface area (Å²) in [6.45, 7) is 6.60. The van der Waals surface area contributed by atoms with Gasteiger partial charge in [0.15, 0.2) is 11.6 Å². The first-order valence-corrected chi connectivity index (χ1v) is 7.83. The van der Waals surface area contributed by atoms with Crippen molar-refractivity contribution < 1.29 is 9.13 Å². The lowest BCUT2D eigenvalue weighted by Gasteiger charge is -2.44. The number of halogens is 1. The molecule has 1 aromatic carbocycles. The number of likely N-dealkylation sites (N-methyl/N-ethyl adjacent to an activating group) is 1. The van der Waals surface area contributed by atoms with Crippen molar-refractivity contribution in [1.82, 2.24) is 10.2 Å². The van der Waals surface area contributed by atoms with Crippen molar-refractivity contribution >= 4 is 0 Å². The molecule has 1 heterocycles. The highest BCUT2D eigenvalue weighted by Gasteiger charge is 2.40. The zero-order chi connectivity index (χ0) is 15.5. The van der Waals surface area contributed by atoms with Crippen LogP contribution in [0.2, 0.25) is 0 Å². The second kappa shape index (κ2) is 6.75. The number of hydrogen-bond donors (Lipinski definition) is 1. The van der Waals surface area contributed by atoms with E-state index in [9.17, 15) is 4.39 Å². The van der Waals surface area contributed by atoms with Gasteiger partial charge >= 0.3 is 0 Å². The third-order valence-corrected chi connectivity index (χ3v) is 4.98. The van der Waals surface area contributed by atoms with E-state index in [4.69, 9.17) is 4.74 Å². The molecule has 0 spiro atoms. The highest BCUT2D eigenvalue weighted by molar-refractivity contribution is 5.35. The van der Waals surface area contributed by atoms with Gasteiger partial charge in [-0.2, -0.15) is 0 Å². The molecule has 2 unspecified atom stereocenters. The van der Waals surface area contributed by atoms with Gasteiger partial charge < -0.3 is 10.1 Å². The number of benzene rings is 1. The first-order valence-electron chi connectivity index (χ1n) is 7.83. The molecule has 0 aliphatic carbocycles. The molecule has 1 aliphatic rings. The van der Waals surface area contributed by atoms with Gasteiger partial charge in [-0.05, 0) is 52.4 Å². The summed E-state index contributed by atoms with van der Waals surface area (Å²) in [6, 6.07) is 5.34. The average molecular weight is 294 g/mol. The van der Waals surface area contributed by atoms with Crippen molar-refractivity contribution in [1.29, 1.82) is 0 Å². The quantitative estimate of drug-likeness (QED) is 0.870. The van der Waals surface area contributed by atoms with Crippen LogP contribution < -0.4 is 10.1 Å². The highest BCUT2D eigenvalue weighted by Crippen LogP contribution is 2.38. The number of likely N-dealkylation sites (tertiary alicyclic amines) is 1. The Hall–Kier alpha value is -1.13. The highest BCUT2D eigenvalue weighted by atomic mass is 19.1. The van der Waals surface area contributed by atoms with Crippen LogP contribution in [0.4, 0.5) is 4.39 Å². The van der Waals surface area contributed by atoms with E-state index in [1.54, 1.807) is 6.07 Å². The summed E-state index contributed by atoms with van der Waals surface area (Å²) in [6.07, 6.45) is 3.42. The first-order chi connectivity index (χ1) is 10.1. The summed E-state index contributed by atoms with van der Waals surface area (Å²) in [7, 11) is 3.42. The van der Waals surface area contributed by atoms with E-state index in [1.165, 1.54) is 20.0 Å². The number of ether oxygens (including phenoxy) is 1. The maximum Gasteiger partial charge on any atom is 0.169 e. The van der Waals surface area contributed by atoms with Gasteiger partial charge in [-0.3, -0.25) is 4.90 Å². The summed E-state index contributed by atoms with van der Waals surface area (Å²) < 4.78 is 19.8. The van der Waals surface area contributed by atoms with Gasteiger partial charge in [0.25, 0.3) is 0 Å². The smallest absolute Gasteiger partial charge is 0.169 e. The summed E-state index contributed by atoms with van der Waals surface area (Å²) in [5.74, 6) is 0.0610. The monoisotopic (exact) mass is 294 g/mol. The number of hydrogen-bond acceptors (Lipinski definition) is 3. The van der Waals surface area contributed by atoms with Crippen LogP contribution in [0.1, 0.15) is 44.7 Å². The van der Waals surface area contributed by atoms with Crippen molar-refractivity contribution in [3.05, 3.63) is 29.6 Å². The number of methoxy groups -OCH3 is 1. The fraction of sp³-hybridized carbons (Fsp3) is 0.647. The zero-order valence-electron chi connectivity index (χ0n) is 13.6. The van der Waals surface area contributed by atoms with Gasteiger partial charge in [0.05, 0.1) is 13.2 Å². The predicted octanol–water partition coefficient (Wildman–Crippen LogP) is 3.36. The van der Waals surface area contributed by atoms with Gasteiger partial charge in [-0.15, -0.1) is 0 Å². The van der Waals surface area contributed by atoms with Crippen molar-refractivity contribution in [3.63, 3.8) is 0 Å². The molecule has 21 heavy (non-hydrogen) atoms. The van der Waals surface area contributed by atoms with E-state index >= 15 is 0 Å². The molecule has 4 heteroatoms. The lowest BCUT2D eigenvalue weighted by atomic mass is 9.82. The zero-order valence-corrected chi connectivity index (χ0v) is 13.6. The molecule has 2 rings (SSSR count). The molecule has 0 amide bonds. The summed E-state index contributed by atoms with van der Waals surface area (Å²) in [5.41, 5.74) is 0.589. The molecule has 2 atom stereocenters. The van der Waals surface area contributed by atoms with E-state index in [-0.39, 0.29) is 17.4 Å². The van der Waals surface area contributed by atoms with E-state index in [0.717, 1.165) is 19.5 Å². The Morgan fingerprint density at radius 2 is 2.05 bits per heavy atom. The Morgan fingerprint density at radius 3 is 2.57 bits per heavy atom. The number of nitrogens with one attached hydrogen (secondary N) is 1. The molecule has 1 aromatic rings. The van der Waals surface area contributed by atoms with E-state index in [2.05, 4.69) is 24.1 Å². The van der Waals surface area contributed by atoms with Crippen LogP contribution in [0.25, 0.3) is 0 Å². The molecule has 1 saturated heterocycles. The molecule has 0 saturated carbocycles. The second-order valence-electron chi connectivity index (χ2n) is 5.99. The molecule has 3 nitrogen and oxygen atoms in total. The molecular formula is C17H27FN2O. The molecule has 0 radical (unpaired) electrons. The summed E-state index contributed by atoms with van der Waals surface area (Å²) in [5, 5.41) is 3.34. The van der Waals surface area contributed by atoms with Crippen LogP contribution in [0.5, 0.6) is 5.75 Å². The Labute approximate surface area is 127 Å². The van der Waals surface area contributed by atoms with Gasteiger partial charge in [0.1, 0.15) is 0 Å². The number of rotatable bonds is 6. The van der Waals surface area contributed by atoms with Gasteiger partial charge in [-0.1, -0.05) is 19.1 Å². The van der Waals surface area contributed by atoms with Crippen LogP contribution in [0.15, 0.2) is 18.2 Å². The fourth-order valence-corrected chi connectivity index (χ4v) is 3.55. The molecular weight excluding hydrogens is 267 g/mol. The third kappa shape index (κ3) is 2.92. The minimum Gasteiger partial charge on any atom is -0.494 e. The second-order valence-corrected chi connectivity index (χ2v) is 5.99. The minimum absolute atomic E-state index is 0.0595. The third-order valence-electron chi connectivity index (χ3n) is 4.98. The van der Waals surface area contributed by atoms with E-state index in [1.807, 2.05) is 19.2 Å². The van der Waals surface area contributed by atoms with Crippen molar-refractivity contribution in [3.8, 4) is 5.75 Å². The predicted molar refractivity (Wildman–Crippen MR) is 84.3 cm³/mol. The maximum atomic E-state index is 14.7. The van der Waals surface area contributed by atoms with Crippen LogP contribution in [0, 0.1) is 5.82 Å².